The first-order valence-corrected chi connectivity index (χ1v) is 32.5. The molecule has 598 valence electrons. The number of nitrogens with one attached hydrogen (secondary N) is 3. The van der Waals surface area contributed by atoms with Gasteiger partial charge in [-0.15, -0.1) is 0 Å². The first kappa shape index (κ1) is 86.6. The molecular formula is C57H97N3O43. The first-order valence-electron chi connectivity index (χ1n) is 32.5. The lowest BCUT2D eigenvalue weighted by molar-refractivity contribution is -0.398. The largest absolute Gasteiger partial charge is 0.477 e. The Morgan fingerprint density at radius 2 is 0.883 bits per heavy atom. The zero-order chi connectivity index (χ0) is 76.7. The monoisotopic (exact) mass is 1510 g/mol. The van der Waals surface area contributed by atoms with E-state index >= 15 is 0 Å². The van der Waals surface area contributed by atoms with Crippen LogP contribution in [0.1, 0.15) is 34.1 Å². The lowest BCUT2D eigenvalue weighted by Gasteiger charge is -2.52. The van der Waals surface area contributed by atoms with Gasteiger partial charge in [0.2, 0.25) is 17.7 Å². The van der Waals surface area contributed by atoms with Crippen molar-refractivity contribution in [2.45, 2.75) is 279 Å². The normalized spacial score (nSPS) is 45.1. The zero-order valence-corrected chi connectivity index (χ0v) is 55.4. The summed E-state index contributed by atoms with van der Waals surface area (Å²) in [6.45, 7) is -5.53. The van der Waals surface area contributed by atoms with E-state index in [1.54, 1.807) is 0 Å². The van der Waals surface area contributed by atoms with Gasteiger partial charge in [0.15, 0.2) is 37.7 Å². The van der Waals surface area contributed by atoms with E-state index in [1.165, 1.54) is 6.92 Å². The molecule has 0 spiro atoms. The number of aliphatic hydroxyl groups is 24. The van der Waals surface area contributed by atoms with E-state index in [0.29, 0.717) is 0 Å². The molecule has 7 aliphatic rings. The van der Waals surface area contributed by atoms with E-state index < -0.39 is 328 Å². The fourth-order valence-corrected chi connectivity index (χ4v) is 12.8. The van der Waals surface area contributed by atoms with Crippen molar-refractivity contribution in [2.24, 2.45) is 0 Å². The Morgan fingerprint density at radius 3 is 1.44 bits per heavy atom. The molecule has 7 fully saturated rings. The van der Waals surface area contributed by atoms with E-state index in [9.17, 15) is 147 Å². The molecule has 0 aliphatic carbocycles. The topological polar surface area (TPSA) is 739 Å². The maximum atomic E-state index is 13.6. The van der Waals surface area contributed by atoms with Gasteiger partial charge < -0.3 is 210 Å². The second-order valence-electron chi connectivity index (χ2n) is 25.8. The van der Waals surface area contributed by atoms with Crippen LogP contribution in [0.2, 0.25) is 0 Å². The molecule has 46 nitrogen and oxygen atoms in total. The highest BCUT2D eigenvalue weighted by atomic mass is 16.8. The highest BCUT2D eigenvalue weighted by Crippen LogP contribution is 2.41. The Hall–Kier alpha value is -3.64. The molecule has 3 amide bonds. The van der Waals surface area contributed by atoms with Gasteiger partial charge in [-0.05, 0) is 6.92 Å². The Kier molecular flexibility index (Phi) is 31.7. The number of carbonyl (C=O) groups excluding carboxylic acids is 3. The fourth-order valence-electron chi connectivity index (χ4n) is 12.8. The summed E-state index contributed by atoms with van der Waals surface area (Å²) in [7, 11) is 0. The van der Waals surface area contributed by atoms with Gasteiger partial charge in [-0.3, -0.25) is 14.4 Å². The summed E-state index contributed by atoms with van der Waals surface area (Å²) >= 11 is 0. The van der Waals surface area contributed by atoms with Crippen LogP contribution in [-0.2, 0) is 85.5 Å². The average Bonchev–Trinajstić information content (AvgIpc) is 0.759. The minimum absolute atomic E-state index is 0.853. The van der Waals surface area contributed by atoms with Gasteiger partial charge in [0, 0.05) is 27.2 Å². The van der Waals surface area contributed by atoms with Crippen LogP contribution in [-0.4, -0.2) is 449 Å². The number of carboxylic acids is 1. The van der Waals surface area contributed by atoms with Gasteiger partial charge in [0.1, 0.15) is 183 Å². The Balaban J connectivity index is 1.29. The Bertz CT molecular complexity index is 2670. The molecular weight excluding hydrogens is 1410 g/mol. The lowest BCUT2D eigenvalue weighted by atomic mass is 9.88. The second-order valence-corrected chi connectivity index (χ2v) is 25.8. The molecule has 0 aromatic heterocycles. The molecule has 40 atom stereocenters. The van der Waals surface area contributed by atoms with Crippen molar-refractivity contribution < 1.29 is 213 Å². The van der Waals surface area contributed by atoms with Crippen LogP contribution in [0.3, 0.4) is 0 Å². The maximum Gasteiger partial charge on any atom is 0.364 e. The zero-order valence-electron chi connectivity index (χ0n) is 55.4. The van der Waals surface area contributed by atoms with Crippen molar-refractivity contribution in [1.82, 2.24) is 16.0 Å². The van der Waals surface area contributed by atoms with Crippen LogP contribution in [0.25, 0.3) is 0 Å². The molecule has 103 heavy (non-hydrogen) atoms. The quantitative estimate of drug-likeness (QED) is 0.0306. The number of rotatable bonds is 31. The van der Waals surface area contributed by atoms with Gasteiger partial charge in [-0.2, -0.15) is 0 Å². The maximum absolute atomic E-state index is 13.6. The molecule has 0 unspecified atom stereocenters. The van der Waals surface area contributed by atoms with Gasteiger partial charge in [0.05, 0.1) is 71.1 Å². The number of hydrogen-bond acceptors (Lipinski definition) is 42. The lowest BCUT2D eigenvalue weighted by Crippen LogP contribution is -2.72. The molecule has 7 heterocycles. The molecule has 0 bridgehead atoms. The third-order valence-corrected chi connectivity index (χ3v) is 18.4. The summed E-state index contributed by atoms with van der Waals surface area (Å²) in [6, 6.07) is -5.80. The summed E-state index contributed by atoms with van der Waals surface area (Å²) in [6.07, 6.45) is -79.2. The SMILES string of the molecule is CC(=O)N[C@H]1[C@H](OC[C@H]2O[C@@H](O[C@@H]([C@H](O)[C@@H](O)CO)[C@H](O)CO)[C@H](O)[C@@H](O[C@@H]3O[C@H](CO)[C@@H](O[C@@H]4O[C@@H](C)[C@@H](O)[C@@H](O)[C@@H]4O)[C@H](O[C@@H]4O[C@H](CO)[C@H](O)[C@H](O[C@]5(C(=O)O)C[C@H](O)[C@@H](NC(C)=O)[C@H]([C@H](O)[C@H](O)CO)O5)[C@H]4O)[C@H]3NC(C)=O)[C@H]2O)O[C@H](CO)[C@@H](O[C@@H]2O[C@H](CO)[C@H](O)[C@H](O)[C@H]2O)[C@@H]1O. The molecule has 7 rings (SSSR count). The summed E-state index contributed by atoms with van der Waals surface area (Å²) in [4.78, 5) is 52.1. The minimum Gasteiger partial charge on any atom is -0.477 e. The Morgan fingerprint density at radius 1 is 0.437 bits per heavy atom. The van der Waals surface area contributed by atoms with Gasteiger partial charge in [-0.25, -0.2) is 4.79 Å². The van der Waals surface area contributed by atoms with Gasteiger partial charge in [-0.1, -0.05) is 0 Å². The minimum atomic E-state index is -3.37. The van der Waals surface area contributed by atoms with Crippen molar-refractivity contribution in [3.63, 3.8) is 0 Å². The number of aliphatic hydroxyl groups excluding tert-OH is 24. The molecule has 0 saturated carbocycles. The van der Waals surface area contributed by atoms with E-state index in [4.69, 9.17) is 66.3 Å². The summed E-state index contributed by atoms with van der Waals surface area (Å²) < 4.78 is 82.7. The molecule has 0 aromatic carbocycles. The summed E-state index contributed by atoms with van der Waals surface area (Å²) in [5.74, 6) is -8.46. The number of aliphatic carboxylic acids is 1. The summed E-state index contributed by atoms with van der Waals surface area (Å²) in [5, 5.41) is 280. The molecule has 46 heteroatoms. The smallest absolute Gasteiger partial charge is 0.364 e. The molecule has 7 saturated heterocycles. The van der Waals surface area contributed by atoms with Crippen molar-refractivity contribution in [2.75, 3.05) is 52.9 Å². The molecule has 0 aromatic rings. The van der Waals surface area contributed by atoms with Crippen LogP contribution in [0.15, 0.2) is 0 Å². The third kappa shape index (κ3) is 19.5. The third-order valence-electron chi connectivity index (χ3n) is 18.4. The van der Waals surface area contributed by atoms with Crippen molar-refractivity contribution in [1.29, 1.82) is 0 Å². The van der Waals surface area contributed by atoms with E-state index in [-0.39, 0.29) is 0 Å². The molecule has 7 aliphatic heterocycles. The van der Waals surface area contributed by atoms with Crippen molar-refractivity contribution in [3.8, 4) is 0 Å². The van der Waals surface area contributed by atoms with Crippen LogP contribution in [0.5, 0.6) is 0 Å². The average molecular weight is 1510 g/mol. The number of carboxylic acid groups (broad SMARTS) is 1. The number of carbonyl (C=O) groups is 4. The van der Waals surface area contributed by atoms with E-state index in [1.807, 2.05) is 0 Å². The number of amides is 3. The van der Waals surface area contributed by atoms with E-state index in [2.05, 4.69) is 16.0 Å². The predicted octanol–water partition coefficient (Wildman–Crippen LogP) is -18.2. The van der Waals surface area contributed by atoms with Crippen LogP contribution < -0.4 is 16.0 Å². The van der Waals surface area contributed by atoms with E-state index in [0.717, 1.165) is 20.8 Å². The number of ether oxygens (including phenoxy) is 14. The highest BCUT2D eigenvalue weighted by molar-refractivity contribution is 5.77. The summed E-state index contributed by atoms with van der Waals surface area (Å²) in [5.41, 5.74) is 0. The standard InChI is InChI=1S/C57H97N3O43/c1-14-30(75)37(82)39(84)52(91-14)99-45-25(12-67)95-51(29(60-17(4)70)47(45)100-55-42(87)49(34(79)23(10-65)93-55)103-57(56(88)89)5-18(71)27(58-15(2)68)46(102-57)32(77)20(73)7-62)101-48-35(80)26(96-54(41(48)86)97-43(21(74)8-63)31(76)19(72)6-61)13-90-50-28(59-16(3)69)36(81)44(24(11-66)94-50)98-53-40(85)38(83)33(78)22(9-64)92-53/h14,18-55,61-67,71-87H,5-13H2,1-4H3,(H,58,68)(H,59,69)(H,60,70)(H,88,89)/t14-,18-,19-,20+,21+,22+,23+,24+,25+,26+,27+,28+,29+,30+,31+,32+,33-,34-,35-,36+,37+,38-,39-,40+,41+,42+,43+,44+,45+,46+,47+,48-,49-,50+,51-,52-,53-,54-,55-,57-/m0/s1. The van der Waals surface area contributed by atoms with Crippen molar-refractivity contribution in [3.05, 3.63) is 0 Å². The van der Waals surface area contributed by atoms with Gasteiger partial charge in [0.25, 0.3) is 5.79 Å². The highest BCUT2D eigenvalue weighted by Gasteiger charge is 2.63. The number of hydrogen-bond donors (Lipinski definition) is 28. The first-order chi connectivity index (χ1) is 48.5. The van der Waals surface area contributed by atoms with Crippen LogP contribution >= 0.6 is 0 Å². The van der Waals surface area contributed by atoms with Crippen LogP contribution in [0.4, 0.5) is 0 Å². The van der Waals surface area contributed by atoms with Crippen molar-refractivity contribution >= 4 is 23.7 Å². The second kappa shape index (κ2) is 37.7. The van der Waals surface area contributed by atoms with Gasteiger partial charge >= 0.3 is 5.97 Å². The molecule has 28 N–H and O–H groups in total. The molecule has 0 radical (unpaired) electrons. The fraction of sp³-hybridized carbons (Fsp3) is 0.930. The Labute approximate surface area is 583 Å². The van der Waals surface area contributed by atoms with Crippen LogP contribution in [0, 0.1) is 0 Å². The predicted molar refractivity (Wildman–Crippen MR) is 317 cm³/mol.